The fourth-order valence-electron chi connectivity index (χ4n) is 0.216. The molecule has 0 atom stereocenters. The Morgan fingerprint density at radius 2 is 0.933 bits per heavy atom. The Kier molecular flexibility index (Phi) is 27.1. The van der Waals surface area contributed by atoms with Crippen LogP contribution < -0.4 is 0 Å². The molecule has 0 saturated carbocycles. The van der Waals surface area contributed by atoms with Crippen molar-refractivity contribution in [2.45, 2.75) is 39.8 Å². The Hall–Kier alpha value is 0.208. The van der Waals surface area contributed by atoms with E-state index in [2.05, 4.69) is 45.3 Å². The van der Waals surface area contributed by atoms with E-state index in [0.717, 1.165) is 0 Å². The quantitative estimate of drug-likeness (QED) is 0.701. The van der Waals surface area contributed by atoms with Crippen molar-refractivity contribution in [2.75, 3.05) is 28.2 Å². The summed E-state index contributed by atoms with van der Waals surface area (Å²) in [6.45, 7) is 8.39. The first kappa shape index (κ1) is 20.6. The molecular formula is C10H26MoN4. The third-order valence-corrected chi connectivity index (χ3v) is 3.05. The zero-order valence-corrected chi connectivity index (χ0v) is 13.4. The number of nitrogens with zero attached hydrogens (tertiary/aromatic N) is 4. The Bertz CT molecular complexity index is 138. The summed E-state index contributed by atoms with van der Waals surface area (Å²) in [5, 5.41) is 7.00. The molecule has 0 aromatic heterocycles. The Morgan fingerprint density at radius 1 is 0.733 bits per heavy atom. The van der Waals surface area contributed by atoms with Crippen LogP contribution in [0.2, 0.25) is 0 Å². The first-order chi connectivity index (χ1) is 6.95. The summed E-state index contributed by atoms with van der Waals surface area (Å²) >= 11 is -0.364. The molecule has 0 radical (unpaired) electrons. The van der Waals surface area contributed by atoms with Crippen molar-refractivity contribution in [3.8, 4) is 0 Å². The predicted octanol–water partition coefficient (Wildman–Crippen LogP) is 3.49. The second-order valence-electron chi connectivity index (χ2n) is 3.37. The van der Waals surface area contributed by atoms with Crippen LogP contribution in [0, 0.1) is 0 Å². The minimum Gasteiger partial charge on any atom is -0.668 e. The number of hydrogen-bond acceptors (Lipinski definition) is 2. The van der Waals surface area contributed by atoms with E-state index in [9.17, 15) is 0 Å². The zero-order chi connectivity index (χ0) is 12.7. The van der Waals surface area contributed by atoms with Gasteiger partial charge in [0.15, 0.2) is 0 Å². The van der Waals surface area contributed by atoms with E-state index in [0.29, 0.717) is 12.1 Å². The van der Waals surface area contributed by atoms with Crippen LogP contribution in [0.3, 0.4) is 0 Å². The SMILES string of the molecule is CC(C)[N]=[Mo+2]=[N]C(C)C.C[N-]C.C[N-]C. The van der Waals surface area contributed by atoms with Crippen molar-refractivity contribution in [1.29, 1.82) is 0 Å². The van der Waals surface area contributed by atoms with Gasteiger partial charge < -0.3 is 10.6 Å². The molecule has 0 aliphatic heterocycles. The van der Waals surface area contributed by atoms with Crippen LogP contribution in [0.5, 0.6) is 0 Å². The Labute approximate surface area is 104 Å². The van der Waals surface area contributed by atoms with Crippen molar-refractivity contribution >= 4 is 0 Å². The van der Waals surface area contributed by atoms with Gasteiger partial charge in [0.2, 0.25) is 0 Å². The predicted molar refractivity (Wildman–Crippen MR) is 65.5 cm³/mol. The van der Waals surface area contributed by atoms with Gasteiger partial charge in [-0.2, -0.15) is 28.2 Å². The summed E-state index contributed by atoms with van der Waals surface area (Å²) in [6, 6.07) is 0.963. The largest absolute Gasteiger partial charge is 0.668 e. The number of rotatable bonds is 2. The molecule has 0 bridgehead atoms. The topological polar surface area (TPSA) is 52.9 Å². The minimum absolute atomic E-state index is 0.364. The summed E-state index contributed by atoms with van der Waals surface area (Å²) in [5.74, 6) is 0. The third-order valence-electron chi connectivity index (χ3n) is 0.516. The van der Waals surface area contributed by atoms with Gasteiger partial charge in [0, 0.05) is 0 Å². The van der Waals surface area contributed by atoms with Gasteiger partial charge in [0.05, 0.1) is 0 Å². The maximum Gasteiger partial charge on any atom is -0.162 e. The molecule has 92 valence electrons. The first-order valence-electron chi connectivity index (χ1n) is 4.98. The molecule has 0 aromatic carbocycles. The summed E-state index contributed by atoms with van der Waals surface area (Å²) < 4.78 is 8.66. The van der Waals surface area contributed by atoms with Crippen LogP contribution >= 0.6 is 0 Å². The molecule has 0 N–H and O–H groups in total. The minimum atomic E-state index is -0.364. The molecule has 15 heavy (non-hydrogen) atoms. The molecule has 0 spiro atoms. The smallest absolute Gasteiger partial charge is 0.162 e. The molecule has 0 unspecified atom stereocenters. The van der Waals surface area contributed by atoms with Crippen molar-refractivity contribution < 1.29 is 18.2 Å². The molecule has 0 heterocycles. The molecular weight excluding hydrogens is 272 g/mol. The van der Waals surface area contributed by atoms with Crippen LogP contribution in [0.1, 0.15) is 27.7 Å². The van der Waals surface area contributed by atoms with E-state index in [1.54, 1.807) is 28.2 Å². The average molecular weight is 298 g/mol. The third kappa shape index (κ3) is 54.9. The average Bonchev–Trinajstić information content (AvgIpc) is 2.05. The van der Waals surface area contributed by atoms with Crippen LogP contribution in [0.25, 0.3) is 10.6 Å². The maximum atomic E-state index is 4.33. The molecule has 0 rings (SSSR count). The maximum absolute atomic E-state index is 4.33. The van der Waals surface area contributed by atoms with Crippen LogP contribution in [0.15, 0.2) is 6.99 Å². The fourth-order valence-corrected chi connectivity index (χ4v) is 1.28. The van der Waals surface area contributed by atoms with Crippen LogP contribution in [-0.2, 0) is 18.2 Å². The van der Waals surface area contributed by atoms with Gasteiger partial charge in [-0.05, 0) is 0 Å². The van der Waals surface area contributed by atoms with E-state index >= 15 is 0 Å². The Morgan fingerprint density at radius 3 is 1.07 bits per heavy atom. The van der Waals surface area contributed by atoms with Gasteiger partial charge in [-0.25, -0.2) is 0 Å². The van der Waals surface area contributed by atoms with Gasteiger partial charge in [-0.1, -0.05) is 0 Å². The van der Waals surface area contributed by atoms with Gasteiger partial charge in [-0.15, -0.1) is 0 Å². The van der Waals surface area contributed by atoms with Crippen molar-refractivity contribution in [1.82, 2.24) is 0 Å². The molecule has 4 nitrogen and oxygen atoms in total. The molecule has 0 fully saturated rings. The zero-order valence-electron chi connectivity index (χ0n) is 11.4. The van der Waals surface area contributed by atoms with E-state index in [1.165, 1.54) is 0 Å². The second-order valence-corrected chi connectivity index (χ2v) is 4.81. The summed E-state index contributed by atoms with van der Waals surface area (Å²) in [4.78, 5) is 0. The van der Waals surface area contributed by atoms with Crippen molar-refractivity contribution in [2.24, 2.45) is 6.99 Å². The Balaban J connectivity index is -0.000000200. The molecule has 5 heteroatoms. The monoisotopic (exact) mass is 300 g/mol. The van der Waals surface area contributed by atoms with Crippen LogP contribution in [0.4, 0.5) is 0 Å². The summed E-state index contributed by atoms with van der Waals surface area (Å²) in [5.41, 5.74) is 0. The van der Waals surface area contributed by atoms with Crippen molar-refractivity contribution in [3.05, 3.63) is 10.6 Å². The molecule has 0 amide bonds. The van der Waals surface area contributed by atoms with Gasteiger partial charge >= 0.3 is 65.0 Å². The summed E-state index contributed by atoms with van der Waals surface area (Å²) in [7, 11) is 7.00. The molecule has 0 aromatic rings. The van der Waals surface area contributed by atoms with Gasteiger partial charge in [-0.3, -0.25) is 0 Å². The summed E-state index contributed by atoms with van der Waals surface area (Å²) in [6.07, 6.45) is 0. The van der Waals surface area contributed by atoms with E-state index in [-0.39, 0.29) is 18.2 Å². The number of hydrogen-bond donors (Lipinski definition) is 0. The second kappa shape index (κ2) is 19.7. The van der Waals surface area contributed by atoms with E-state index in [4.69, 9.17) is 0 Å². The van der Waals surface area contributed by atoms with Gasteiger partial charge in [0.25, 0.3) is 0 Å². The fraction of sp³-hybridized carbons (Fsp3) is 1.00. The van der Waals surface area contributed by atoms with Crippen molar-refractivity contribution in [3.63, 3.8) is 0 Å². The van der Waals surface area contributed by atoms with Crippen LogP contribution in [-0.4, -0.2) is 40.3 Å². The first-order valence-corrected chi connectivity index (χ1v) is 6.77. The molecule has 0 saturated heterocycles. The van der Waals surface area contributed by atoms with E-state index in [1.807, 2.05) is 0 Å². The molecule has 0 aliphatic carbocycles. The standard InChI is InChI=1S/2C3H7N.2C2H6N.Mo/c2*1-3(2)4;2*1-3-2;/h2*3H,1-2H3;2*1-2H3;/q;;2*-1;+2. The normalized spacial score (nSPS) is 8.13. The van der Waals surface area contributed by atoms with E-state index < -0.39 is 0 Å². The van der Waals surface area contributed by atoms with Gasteiger partial charge in [0.1, 0.15) is 0 Å². The molecule has 0 aliphatic rings.